The van der Waals surface area contributed by atoms with Crippen molar-refractivity contribution in [3.63, 3.8) is 0 Å². The molecule has 4 nitrogen and oxygen atoms in total. The molecule has 0 radical (unpaired) electrons. The Labute approximate surface area is 97.4 Å². The number of carbonyl (C=O) groups excluding carboxylic acids is 2. The lowest BCUT2D eigenvalue weighted by atomic mass is 10.2. The van der Waals surface area contributed by atoms with Gasteiger partial charge in [0.25, 0.3) is 0 Å². The van der Waals surface area contributed by atoms with Crippen molar-refractivity contribution < 1.29 is 18.4 Å². The van der Waals surface area contributed by atoms with Gasteiger partial charge < -0.3 is 0 Å². The predicted molar refractivity (Wildman–Crippen MR) is 54.9 cm³/mol. The molecular weight excluding hydrogens is 286 g/mol. The van der Waals surface area contributed by atoms with Crippen molar-refractivity contribution in [2.75, 3.05) is 11.4 Å². The fourth-order valence-corrected chi connectivity index (χ4v) is 2.04. The van der Waals surface area contributed by atoms with Gasteiger partial charge in [-0.2, -0.15) is 0 Å². The fourth-order valence-electron chi connectivity index (χ4n) is 1.41. The van der Waals surface area contributed by atoms with Gasteiger partial charge in [-0.25, -0.2) is 13.6 Å². The molecule has 1 fully saturated rings. The lowest BCUT2D eigenvalue weighted by molar-refractivity contribution is -0.117. The minimum Gasteiger partial charge on any atom is -0.281 e. The van der Waals surface area contributed by atoms with Gasteiger partial charge in [0.05, 0.1) is 5.69 Å². The van der Waals surface area contributed by atoms with E-state index in [1.54, 1.807) is 0 Å². The summed E-state index contributed by atoms with van der Waals surface area (Å²) >= 11 is 2.94. The zero-order valence-corrected chi connectivity index (χ0v) is 9.35. The molecule has 0 aromatic heterocycles. The van der Waals surface area contributed by atoms with Crippen LogP contribution >= 0.6 is 15.9 Å². The Balaban J connectivity index is 2.48. The highest BCUT2D eigenvalue weighted by atomic mass is 79.9. The third kappa shape index (κ3) is 1.78. The van der Waals surface area contributed by atoms with Gasteiger partial charge in [-0.05, 0) is 22.0 Å². The van der Waals surface area contributed by atoms with Crippen molar-refractivity contribution in [1.29, 1.82) is 0 Å². The van der Waals surface area contributed by atoms with E-state index in [-0.39, 0.29) is 16.7 Å². The molecule has 1 aromatic rings. The first-order valence-electron chi connectivity index (χ1n) is 4.25. The van der Waals surface area contributed by atoms with Gasteiger partial charge >= 0.3 is 6.03 Å². The van der Waals surface area contributed by atoms with Crippen LogP contribution in [0.4, 0.5) is 19.3 Å². The van der Waals surface area contributed by atoms with Crippen LogP contribution in [0, 0.1) is 11.6 Å². The zero-order valence-electron chi connectivity index (χ0n) is 7.76. The highest BCUT2D eigenvalue weighted by Gasteiger charge is 2.31. The van der Waals surface area contributed by atoms with E-state index in [0.29, 0.717) is 6.07 Å². The fraction of sp³-hybridized carbons (Fsp3) is 0.111. The molecule has 1 aliphatic heterocycles. The van der Waals surface area contributed by atoms with E-state index in [9.17, 15) is 18.4 Å². The van der Waals surface area contributed by atoms with Crippen LogP contribution in [0.15, 0.2) is 16.6 Å². The summed E-state index contributed by atoms with van der Waals surface area (Å²) in [6.07, 6.45) is 0. The highest BCUT2D eigenvalue weighted by Crippen LogP contribution is 2.31. The number of nitrogens with zero attached hydrogens (tertiary/aromatic N) is 1. The first-order valence-corrected chi connectivity index (χ1v) is 5.04. The van der Waals surface area contributed by atoms with Crippen molar-refractivity contribution in [2.24, 2.45) is 0 Å². The van der Waals surface area contributed by atoms with Gasteiger partial charge in [-0.15, -0.1) is 0 Å². The van der Waals surface area contributed by atoms with E-state index in [0.717, 1.165) is 11.0 Å². The molecule has 1 saturated heterocycles. The number of hydrogen-bond donors (Lipinski definition) is 1. The summed E-state index contributed by atoms with van der Waals surface area (Å²) in [4.78, 5) is 23.1. The number of benzene rings is 1. The monoisotopic (exact) mass is 290 g/mol. The minimum absolute atomic E-state index is 0.0786. The quantitative estimate of drug-likeness (QED) is 0.802. The number of anilines is 1. The Morgan fingerprint density at radius 2 is 2.00 bits per heavy atom. The molecule has 1 aliphatic rings. The summed E-state index contributed by atoms with van der Waals surface area (Å²) in [7, 11) is 0. The average molecular weight is 291 g/mol. The summed E-state index contributed by atoms with van der Waals surface area (Å²) in [5, 5.41) is 2.00. The number of urea groups is 1. The van der Waals surface area contributed by atoms with Crippen LogP contribution in [0.1, 0.15) is 0 Å². The Morgan fingerprint density at radius 3 is 2.50 bits per heavy atom. The van der Waals surface area contributed by atoms with Crippen LogP contribution in [0.3, 0.4) is 0 Å². The smallest absolute Gasteiger partial charge is 0.281 e. The Kier molecular flexibility index (Phi) is 2.63. The second kappa shape index (κ2) is 3.82. The normalized spacial score (nSPS) is 15.6. The van der Waals surface area contributed by atoms with Crippen LogP contribution in [0.25, 0.3) is 0 Å². The predicted octanol–water partition coefficient (Wildman–Crippen LogP) is 1.78. The second-order valence-corrected chi connectivity index (χ2v) is 4.01. The van der Waals surface area contributed by atoms with Crippen molar-refractivity contribution in [2.45, 2.75) is 0 Å². The molecule has 2 rings (SSSR count). The van der Waals surface area contributed by atoms with Crippen molar-refractivity contribution in [3.8, 4) is 0 Å². The lowest BCUT2D eigenvalue weighted by Crippen LogP contribution is -2.29. The van der Waals surface area contributed by atoms with Crippen molar-refractivity contribution in [3.05, 3.63) is 28.2 Å². The van der Waals surface area contributed by atoms with Gasteiger partial charge in [-0.1, -0.05) is 0 Å². The van der Waals surface area contributed by atoms with Crippen LogP contribution in [0.2, 0.25) is 0 Å². The second-order valence-electron chi connectivity index (χ2n) is 3.16. The van der Waals surface area contributed by atoms with Gasteiger partial charge in [0.1, 0.15) is 12.4 Å². The van der Waals surface area contributed by atoms with Gasteiger partial charge in [0.15, 0.2) is 5.82 Å². The lowest BCUT2D eigenvalue weighted by Gasteiger charge is -2.15. The number of carbonyl (C=O) groups is 2. The molecule has 0 spiro atoms. The van der Waals surface area contributed by atoms with Gasteiger partial charge in [0, 0.05) is 10.5 Å². The molecule has 1 aromatic carbocycles. The zero-order chi connectivity index (χ0) is 11.9. The Morgan fingerprint density at radius 1 is 1.31 bits per heavy atom. The number of hydrogen-bond acceptors (Lipinski definition) is 2. The standard InChI is InChI=1S/C9H5BrF2N2O2/c10-5-1-4(11)2-6(12)8(5)14-3-7(15)13-9(14)16/h1-2H,3H2,(H,13,15,16). The first kappa shape index (κ1) is 11.0. The van der Waals surface area contributed by atoms with Gasteiger partial charge in [-0.3, -0.25) is 15.0 Å². The molecular formula is C9H5BrF2N2O2. The molecule has 16 heavy (non-hydrogen) atoms. The van der Waals surface area contributed by atoms with E-state index in [1.165, 1.54) is 0 Å². The van der Waals surface area contributed by atoms with E-state index in [1.807, 2.05) is 5.32 Å². The molecule has 1 heterocycles. The van der Waals surface area contributed by atoms with E-state index in [4.69, 9.17) is 0 Å². The first-order chi connectivity index (χ1) is 7.49. The number of amides is 3. The van der Waals surface area contributed by atoms with E-state index < -0.39 is 23.6 Å². The number of nitrogens with one attached hydrogen (secondary N) is 1. The Bertz CT molecular complexity index is 469. The van der Waals surface area contributed by atoms with Gasteiger partial charge in [0.2, 0.25) is 5.91 Å². The van der Waals surface area contributed by atoms with Crippen LogP contribution in [0.5, 0.6) is 0 Å². The third-order valence-corrected chi connectivity index (χ3v) is 2.65. The molecule has 0 aliphatic carbocycles. The summed E-state index contributed by atoms with van der Waals surface area (Å²) in [6.45, 7) is -0.278. The SMILES string of the molecule is O=C1CN(c2c(F)cc(F)cc2Br)C(=O)N1. The molecule has 7 heteroatoms. The third-order valence-electron chi connectivity index (χ3n) is 2.04. The summed E-state index contributed by atoms with van der Waals surface area (Å²) in [5.74, 6) is -2.20. The van der Waals surface area contributed by atoms with Crippen molar-refractivity contribution >= 4 is 33.6 Å². The summed E-state index contributed by atoms with van der Waals surface area (Å²) < 4.78 is 26.4. The van der Waals surface area contributed by atoms with Crippen LogP contribution < -0.4 is 10.2 Å². The maximum Gasteiger partial charge on any atom is 0.329 e. The van der Waals surface area contributed by atoms with E-state index in [2.05, 4.69) is 15.9 Å². The molecule has 3 amide bonds. The largest absolute Gasteiger partial charge is 0.329 e. The molecule has 0 unspecified atom stereocenters. The maximum absolute atomic E-state index is 13.5. The highest BCUT2D eigenvalue weighted by molar-refractivity contribution is 9.10. The number of rotatable bonds is 1. The van der Waals surface area contributed by atoms with E-state index >= 15 is 0 Å². The molecule has 0 atom stereocenters. The average Bonchev–Trinajstić information content (AvgIpc) is 2.43. The number of imide groups is 1. The Hall–Kier alpha value is -1.50. The minimum atomic E-state index is -0.906. The topological polar surface area (TPSA) is 49.4 Å². The summed E-state index contributed by atoms with van der Waals surface area (Å²) in [5.41, 5.74) is -0.148. The molecule has 84 valence electrons. The molecule has 1 N–H and O–H groups in total. The number of halogens is 3. The van der Waals surface area contributed by atoms with Crippen molar-refractivity contribution in [1.82, 2.24) is 5.32 Å². The molecule has 0 saturated carbocycles. The van der Waals surface area contributed by atoms with Crippen LogP contribution in [-0.2, 0) is 4.79 Å². The maximum atomic E-state index is 13.5. The van der Waals surface area contributed by atoms with Crippen LogP contribution in [-0.4, -0.2) is 18.5 Å². The summed E-state index contributed by atoms with van der Waals surface area (Å²) in [6, 6.07) is 0.946. The molecule has 0 bridgehead atoms.